The summed E-state index contributed by atoms with van der Waals surface area (Å²) < 4.78 is 51.5. The molecule has 1 aromatic carbocycles. The van der Waals surface area contributed by atoms with E-state index in [2.05, 4.69) is 5.10 Å². The van der Waals surface area contributed by atoms with Crippen LogP contribution in [0, 0.1) is 5.82 Å². The fraction of sp³-hybridized carbons (Fsp3) is 0.0909. The summed E-state index contributed by atoms with van der Waals surface area (Å²) in [7, 11) is 0. The van der Waals surface area contributed by atoms with Crippen LogP contribution in [0.4, 0.5) is 17.6 Å². The molecule has 1 heterocycles. The minimum Gasteiger partial charge on any atom is -0.476 e. The van der Waals surface area contributed by atoms with Crippen molar-refractivity contribution in [1.29, 1.82) is 0 Å². The molecular weight excluding hydrogens is 268 g/mol. The molecule has 0 amide bonds. The highest BCUT2D eigenvalue weighted by Crippen LogP contribution is 2.30. The molecule has 0 spiro atoms. The maximum Gasteiger partial charge on any atom is 0.416 e. The van der Waals surface area contributed by atoms with Gasteiger partial charge in [-0.15, -0.1) is 0 Å². The van der Waals surface area contributed by atoms with Gasteiger partial charge in [0.15, 0.2) is 5.69 Å². The third-order valence-corrected chi connectivity index (χ3v) is 2.33. The van der Waals surface area contributed by atoms with E-state index in [4.69, 9.17) is 5.11 Å². The van der Waals surface area contributed by atoms with Gasteiger partial charge in [0.25, 0.3) is 0 Å². The molecule has 0 saturated carbocycles. The second-order valence-corrected chi connectivity index (χ2v) is 3.61. The van der Waals surface area contributed by atoms with Gasteiger partial charge < -0.3 is 5.11 Å². The third-order valence-electron chi connectivity index (χ3n) is 2.33. The Labute approximate surface area is 103 Å². The zero-order chi connectivity index (χ0) is 14.2. The lowest BCUT2D eigenvalue weighted by Crippen LogP contribution is -2.08. The van der Waals surface area contributed by atoms with Crippen LogP contribution in [0.25, 0.3) is 5.69 Å². The lowest BCUT2D eigenvalue weighted by molar-refractivity contribution is -0.137. The number of nitrogens with zero attached hydrogens (tertiary/aromatic N) is 2. The van der Waals surface area contributed by atoms with Crippen molar-refractivity contribution in [3.05, 3.63) is 47.5 Å². The summed E-state index contributed by atoms with van der Waals surface area (Å²) in [6.45, 7) is 0. The summed E-state index contributed by atoms with van der Waals surface area (Å²) in [6, 6.07) is 3.02. The van der Waals surface area contributed by atoms with Crippen LogP contribution in [0.3, 0.4) is 0 Å². The average molecular weight is 274 g/mol. The molecule has 19 heavy (non-hydrogen) atoms. The molecule has 0 unspecified atom stereocenters. The van der Waals surface area contributed by atoms with Crippen molar-refractivity contribution in [3.63, 3.8) is 0 Å². The summed E-state index contributed by atoms with van der Waals surface area (Å²) >= 11 is 0. The van der Waals surface area contributed by atoms with Gasteiger partial charge >= 0.3 is 12.1 Å². The Morgan fingerprint density at radius 1 is 1.26 bits per heavy atom. The third kappa shape index (κ3) is 2.56. The zero-order valence-corrected chi connectivity index (χ0v) is 9.15. The van der Waals surface area contributed by atoms with Gasteiger partial charge in [0.05, 0.1) is 5.56 Å². The van der Waals surface area contributed by atoms with Crippen molar-refractivity contribution in [2.24, 2.45) is 0 Å². The average Bonchev–Trinajstić information content (AvgIpc) is 2.76. The molecular formula is C11H6F4N2O2. The molecule has 0 aliphatic heterocycles. The monoisotopic (exact) mass is 274 g/mol. The highest BCUT2D eigenvalue weighted by molar-refractivity contribution is 5.85. The van der Waals surface area contributed by atoms with Crippen LogP contribution >= 0.6 is 0 Å². The van der Waals surface area contributed by atoms with Gasteiger partial charge in [0.1, 0.15) is 11.5 Å². The normalized spacial score (nSPS) is 11.6. The first-order valence-corrected chi connectivity index (χ1v) is 4.95. The number of rotatable bonds is 2. The number of benzene rings is 1. The number of hydrogen-bond donors (Lipinski definition) is 1. The van der Waals surface area contributed by atoms with E-state index >= 15 is 0 Å². The van der Waals surface area contributed by atoms with E-state index in [0.717, 1.165) is 23.0 Å². The van der Waals surface area contributed by atoms with Crippen molar-refractivity contribution in [2.45, 2.75) is 6.18 Å². The maximum atomic E-state index is 13.6. The lowest BCUT2D eigenvalue weighted by atomic mass is 10.2. The summed E-state index contributed by atoms with van der Waals surface area (Å²) in [5, 5.41) is 12.2. The number of halogens is 4. The fourth-order valence-electron chi connectivity index (χ4n) is 1.44. The van der Waals surface area contributed by atoms with Crippen molar-refractivity contribution in [2.75, 3.05) is 0 Å². The van der Waals surface area contributed by atoms with Gasteiger partial charge in [-0.1, -0.05) is 0 Å². The van der Waals surface area contributed by atoms with E-state index < -0.39 is 23.5 Å². The fourth-order valence-corrected chi connectivity index (χ4v) is 1.44. The quantitative estimate of drug-likeness (QED) is 0.857. The van der Waals surface area contributed by atoms with Gasteiger partial charge in [-0.05, 0) is 24.3 Å². The van der Waals surface area contributed by atoms with E-state index in [1.165, 1.54) is 0 Å². The minimum atomic E-state index is -4.64. The number of aromatic nitrogens is 2. The Morgan fingerprint density at radius 2 is 1.95 bits per heavy atom. The van der Waals surface area contributed by atoms with Gasteiger partial charge in [-0.2, -0.15) is 18.3 Å². The summed E-state index contributed by atoms with van der Waals surface area (Å²) in [4.78, 5) is 10.6. The van der Waals surface area contributed by atoms with E-state index in [0.29, 0.717) is 12.1 Å². The molecule has 0 aliphatic carbocycles. The zero-order valence-electron chi connectivity index (χ0n) is 9.15. The second-order valence-electron chi connectivity index (χ2n) is 3.61. The van der Waals surface area contributed by atoms with Crippen molar-refractivity contribution in [1.82, 2.24) is 9.78 Å². The van der Waals surface area contributed by atoms with Gasteiger partial charge in [-0.25, -0.2) is 13.9 Å². The SMILES string of the molecule is O=C(O)c1ccn(-c2ccc(C(F)(F)F)cc2F)n1. The Kier molecular flexibility index (Phi) is 3.01. The second kappa shape index (κ2) is 4.38. The van der Waals surface area contributed by atoms with Crippen LogP contribution in [0.1, 0.15) is 16.1 Å². The molecule has 8 heteroatoms. The minimum absolute atomic E-state index is 0.263. The highest BCUT2D eigenvalue weighted by atomic mass is 19.4. The molecule has 1 N–H and O–H groups in total. The molecule has 0 atom stereocenters. The molecule has 1 aromatic heterocycles. The molecule has 0 saturated heterocycles. The summed E-state index contributed by atoms with van der Waals surface area (Å²) in [5.74, 6) is -2.46. The van der Waals surface area contributed by atoms with E-state index in [-0.39, 0.29) is 11.4 Å². The number of hydrogen-bond acceptors (Lipinski definition) is 2. The largest absolute Gasteiger partial charge is 0.476 e. The van der Waals surface area contributed by atoms with E-state index in [1.807, 2.05) is 0 Å². The number of carboxylic acid groups (broad SMARTS) is 1. The van der Waals surface area contributed by atoms with Crippen LogP contribution in [0.2, 0.25) is 0 Å². The van der Waals surface area contributed by atoms with Crippen LogP contribution in [0.15, 0.2) is 30.5 Å². The number of aromatic carboxylic acids is 1. The lowest BCUT2D eigenvalue weighted by Gasteiger charge is -2.09. The highest BCUT2D eigenvalue weighted by Gasteiger charge is 2.31. The predicted octanol–water partition coefficient (Wildman–Crippen LogP) is 2.73. The first kappa shape index (κ1) is 13.1. The van der Waals surface area contributed by atoms with Gasteiger partial charge in [0, 0.05) is 6.20 Å². The number of carboxylic acids is 1. The molecule has 0 fully saturated rings. The first-order valence-electron chi connectivity index (χ1n) is 4.95. The van der Waals surface area contributed by atoms with Crippen LogP contribution in [-0.2, 0) is 6.18 Å². The topological polar surface area (TPSA) is 55.1 Å². The first-order chi connectivity index (χ1) is 8.79. The molecule has 0 bridgehead atoms. The Bertz CT molecular complexity index is 634. The molecule has 2 aromatic rings. The van der Waals surface area contributed by atoms with Crippen molar-refractivity contribution < 1.29 is 27.5 Å². The van der Waals surface area contributed by atoms with Gasteiger partial charge in [0.2, 0.25) is 0 Å². The number of carbonyl (C=O) groups is 1. The molecule has 0 radical (unpaired) electrons. The maximum absolute atomic E-state index is 13.6. The Morgan fingerprint density at radius 3 is 2.42 bits per heavy atom. The van der Waals surface area contributed by atoms with Crippen LogP contribution in [-0.4, -0.2) is 20.9 Å². The van der Waals surface area contributed by atoms with Crippen LogP contribution < -0.4 is 0 Å². The van der Waals surface area contributed by atoms with E-state index in [1.54, 1.807) is 0 Å². The van der Waals surface area contributed by atoms with Gasteiger partial charge in [-0.3, -0.25) is 0 Å². The summed E-state index contributed by atoms with van der Waals surface area (Å²) in [5.41, 5.74) is -1.72. The molecule has 4 nitrogen and oxygen atoms in total. The molecule has 0 aliphatic rings. The van der Waals surface area contributed by atoms with Crippen molar-refractivity contribution >= 4 is 5.97 Å². The standard InChI is InChI=1S/C11H6F4N2O2/c12-7-5-6(11(13,14)15)1-2-9(7)17-4-3-8(16-17)10(18)19/h1-5H,(H,18,19). The molecule has 100 valence electrons. The Balaban J connectivity index is 2.43. The Hall–Kier alpha value is -2.38. The molecule has 2 rings (SSSR count). The summed E-state index contributed by atoms with van der Waals surface area (Å²) in [6.07, 6.45) is -3.50. The van der Waals surface area contributed by atoms with Crippen LogP contribution in [0.5, 0.6) is 0 Å². The van der Waals surface area contributed by atoms with Crippen molar-refractivity contribution in [3.8, 4) is 5.69 Å². The smallest absolute Gasteiger partial charge is 0.416 e. The predicted molar refractivity (Wildman–Crippen MR) is 55.5 cm³/mol. The van der Waals surface area contributed by atoms with E-state index in [9.17, 15) is 22.4 Å². The number of alkyl halides is 3.